The van der Waals surface area contributed by atoms with Gasteiger partial charge >= 0.3 is 0 Å². The SMILES string of the molecule is Cc1ccc(F)c2c1ccn2S(C(C)C)(C(C)C)C(C)C. The van der Waals surface area contributed by atoms with Crippen molar-refractivity contribution in [2.24, 2.45) is 0 Å². The van der Waals surface area contributed by atoms with Crippen LogP contribution in [0.25, 0.3) is 10.9 Å². The Balaban J connectivity index is 2.87. The summed E-state index contributed by atoms with van der Waals surface area (Å²) in [4.78, 5) is 0. The molecular formula is C18H28FNS. The molecule has 1 aromatic carbocycles. The highest BCUT2D eigenvalue weighted by atomic mass is 32.3. The summed E-state index contributed by atoms with van der Waals surface area (Å²) >= 11 is 0. The molecular weight excluding hydrogens is 281 g/mol. The Morgan fingerprint density at radius 3 is 1.90 bits per heavy atom. The largest absolute Gasteiger partial charge is 0.306 e. The molecule has 1 nitrogen and oxygen atoms in total. The van der Waals surface area contributed by atoms with Crippen LogP contribution in [0.15, 0.2) is 24.4 Å². The van der Waals surface area contributed by atoms with Crippen LogP contribution in [0.3, 0.4) is 0 Å². The molecule has 0 bridgehead atoms. The fraction of sp³-hybridized carbons (Fsp3) is 0.556. The highest BCUT2D eigenvalue weighted by molar-refractivity contribution is 8.33. The number of benzene rings is 1. The van der Waals surface area contributed by atoms with Crippen LogP contribution >= 0.6 is 10.2 Å². The van der Waals surface area contributed by atoms with Crippen molar-refractivity contribution in [3.63, 3.8) is 0 Å². The topological polar surface area (TPSA) is 4.93 Å². The average Bonchev–Trinajstić information content (AvgIpc) is 2.79. The molecule has 0 amide bonds. The average molecular weight is 309 g/mol. The molecule has 0 aliphatic carbocycles. The van der Waals surface area contributed by atoms with Crippen molar-refractivity contribution >= 4 is 21.1 Å². The van der Waals surface area contributed by atoms with E-state index in [9.17, 15) is 4.39 Å². The van der Waals surface area contributed by atoms with Crippen molar-refractivity contribution < 1.29 is 4.39 Å². The summed E-state index contributed by atoms with van der Waals surface area (Å²) in [7, 11) is -1.17. The first-order valence-electron chi connectivity index (χ1n) is 7.81. The maximum absolute atomic E-state index is 14.6. The number of hydrogen-bond acceptors (Lipinski definition) is 0. The molecule has 2 rings (SSSR count). The van der Waals surface area contributed by atoms with E-state index in [1.165, 1.54) is 0 Å². The first-order valence-corrected chi connectivity index (χ1v) is 9.59. The molecule has 0 saturated heterocycles. The van der Waals surface area contributed by atoms with Crippen LogP contribution in [0.4, 0.5) is 4.39 Å². The number of aryl methyl sites for hydroxylation is 1. The van der Waals surface area contributed by atoms with Crippen molar-refractivity contribution in [1.29, 1.82) is 0 Å². The van der Waals surface area contributed by atoms with E-state index in [0.717, 1.165) is 16.5 Å². The van der Waals surface area contributed by atoms with Crippen LogP contribution in [0.5, 0.6) is 0 Å². The predicted octanol–water partition coefficient (Wildman–Crippen LogP) is 5.88. The van der Waals surface area contributed by atoms with E-state index in [1.807, 2.05) is 6.07 Å². The molecule has 21 heavy (non-hydrogen) atoms. The number of aromatic nitrogens is 1. The molecule has 3 heteroatoms. The number of fused-ring (bicyclic) bond motifs is 1. The molecule has 0 aliphatic rings. The molecule has 0 fully saturated rings. The maximum Gasteiger partial charge on any atom is 0.148 e. The summed E-state index contributed by atoms with van der Waals surface area (Å²) < 4.78 is 16.9. The van der Waals surface area contributed by atoms with Crippen molar-refractivity contribution in [1.82, 2.24) is 3.97 Å². The molecule has 0 unspecified atom stereocenters. The first kappa shape index (κ1) is 16.4. The third-order valence-corrected chi connectivity index (χ3v) is 10.1. The van der Waals surface area contributed by atoms with Gasteiger partial charge in [0.2, 0.25) is 0 Å². The molecule has 0 radical (unpaired) electrons. The summed E-state index contributed by atoms with van der Waals surface area (Å²) in [5.41, 5.74) is 1.94. The van der Waals surface area contributed by atoms with Crippen molar-refractivity contribution in [2.75, 3.05) is 0 Å². The van der Waals surface area contributed by atoms with Gasteiger partial charge in [-0.25, -0.2) is 4.39 Å². The van der Waals surface area contributed by atoms with Crippen LogP contribution in [-0.2, 0) is 0 Å². The highest BCUT2D eigenvalue weighted by Crippen LogP contribution is 2.62. The minimum absolute atomic E-state index is 0.0978. The molecule has 0 N–H and O–H groups in total. The summed E-state index contributed by atoms with van der Waals surface area (Å²) in [6.07, 6.45) is 2.12. The summed E-state index contributed by atoms with van der Waals surface area (Å²) in [6.45, 7) is 15.8. The fourth-order valence-corrected chi connectivity index (χ4v) is 9.31. The second kappa shape index (κ2) is 5.68. The zero-order valence-corrected chi connectivity index (χ0v) is 15.1. The Bertz CT molecular complexity index is 618. The minimum Gasteiger partial charge on any atom is -0.306 e. The van der Waals surface area contributed by atoms with E-state index in [2.05, 4.69) is 64.7 Å². The van der Waals surface area contributed by atoms with Crippen LogP contribution < -0.4 is 0 Å². The zero-order chi connectivity index (χ0) is 15.9. The Kier molecular flexibility index (Phi) is 4.44. The molecule has 1 aromatic heterocycles. The van der Waals surface area contributed by atoms with Crippen LogP contribution in [0.1, 0.15) is 47.1 Å². The monoisotopic (exact) mass is 309 g/mol. The van der Waals surface area contributed by atoms with Gasteiger partial charge in [-0.1, -0.05) is 47.6 Å². The Labute approximate surface area is 130 Å². The van der Waals surface area contributed by atoms with Gasteiger partial charge in [0.25, 0.3) is 0 Å². The van der Waals surface area contributed by atoms with Crippen LogP contribution in [-0.4, -0.2) is 19.7 Å². The first-order chi connectivity index (χ1) is 9.74. The lowest BCUT2D eigenvalue weighted by atomic mass is 10.1. The maximum atomic E-state index is 14.6. The van der Waals surface area contributed by atoms with Gasteiger partial charge in [0, 0.05) is 27.3 Å². The van der Waals surface area contributed by atoms with Crippen LogP contribution in [0.2, 0.25) is 0 Å². The second-order valence-electron chi connectivity index (χ2n) is 6.64. The van der Waals surface area contributed by atoms with Crippen molar-refractivity contribution in [3.05, 3.63) is 35.8 Å². The van der Waals surface area contributed by atoms with Gasteiger partial charge < -0.3 is 3.97 Å². The lowest BCUT2D eigenvalue weighted by molar-refractivity contribution is 0.635. The van der Waals surface area contributed by atoms with E-state index in [1.54, 1.807) is 6.07 Å². The van der Waals surface area contributed by atoms with E-state index in [0.29, 0.717) is 15.7 Å². The molecule has 0 spiro atoms. The summed E-state index contributed by atoms with van der Waals surface area (Å²) in [5.74, 6) is -0.0978. The molecule has 0 atom stereocenters. The lowest BCUT2D eigenvalue weighted by Crippen LogP contribution is -2.33. The van der Waals surface area contributed by atoms with Crippen molar-refractivity contribution in [3.8, 4) is 0 Å². The normalized spacial score (nSPS) is 13.9. The molecule has 118 valence electrons. The number of nitrogens with zero attached hydrogens (tertiary/aromatic N) is 1. The number of hydrogen-bond donors (Lipinski definition) is 0. The van der Waals surface area contributed by atoms with E-state index in [-0.39, 0.29) is 5.82 Å². The van der Waals surface area contributed by atoms with Crippen molar-refractivity contribution in [2.45, 2.75) is 64.2 Å². The van der Waals surface area contributed by atoms with Gasteiger partial charge in [-0.15, -0.1) is 0 Å². The Hall–Kier alpha value is -0.960. The van der Waals surface area contributed by atoms with Gasteiger partial charge in [-0.3, -0.25) is 0 Å². The highest BCUT2D eigenvalue weighted by Gasteiger charge is 2.37. The molecule has 2 aromatic rings. The van der Waals surface area contributed by atoms with E-state index < -0.39 is 10.2 Å². The van der Waals surface area contributed by atoms with E-state index >= 15 is 0 Å². The standard InChI is InChI=1S/C18H28FNS/c1-12(2)21(13(3)4,14(5)6)20-11-10-16-15(7)8-9-17(19)18(16)20/h8-14H,1-7H3. The third kappa shape index (κ3) is 2.30. The van der Waals surface area contributed by atoms with Crippen LogP contribution in [0, 0.1) is 12.7 Å². The second-order valence-corrected chi connectivity index (χ2v) is 11.3. The van der Waals surface area contributed by atoms with Gasteiger partial charge in [0.05, 0.1) is 5.52 Å². The Morgan fingerprint density at radius 2 is 1.43 bits per heavy atom. The lowest BCUT2D eigenvalue weighted by Gasteiger charge is -2.52. The van der Waals surface area contributed by atoms with Gasteiger partial charge in [0.1, 0.15) is 5.82 Å². The minimum atomic E-state index is -1.17. The van der Waals surface area contributed by atoms with E-state index in [4.69, 9.17) is 0 Å². The Morgan fingerprint density at radius 1 is 0.905 bits per heavy atom. The number of halogens is 1. The van der Waals surface area contributed by atoms with Gasteiger partial charge in [0.15, 0.2) is 0 Å². The smallest absolute Gasteiger partial charge is 0.148 e. The quantitative estimate of drug-likeness (QED) is 0.664. The van der Waals surface area contributed by atoms with Gasteiger partial charge in [-0.05, 0) is 24.6 Å². The molecule has 1 heterocycles. The molecule has 0 saturated carbocycles. The van der Waals surface area contributed by atoms with Gasteiger partial charge in [-0.2, -0.15) is 10.2 Å². The summed E-state index contributed by atoms with van der Waals surface area (Å²) in [6, 6.07) is 5.57. The molecule has 0 aliphatic heterocycles. The third-order valence-electron chi connectivity index (χ3n) is 4.59. The number of rotatable bonds is 4. The summed E-state index contributed by atoms with van der Waals surface area (Å²) in [5, 5.41) is 2.57. The predicted molar refractivity (Wildman–Crippen MR) is 95.0 cm³/mol. The zero-order valence-electron chi connectivity index (χ0n) is 14.3. The fourth-order valence-electron chi connectivity index (χ4n) is 3.91.